The lowest BCUT2D eigenvalue weighted by molar-refractivity contribution is 0.586. The highest BCUT2D eigenvalue weighted by atomic mass is 35.5. The average Bonchev–Trinajstić information content (AvgIpc) is 2.43. The van der Waals surface area contributed by atoms with E-state index in [1.165, 1.54) is 12.1 Å². The first kappa shape index (κ1) is 15.5. The van der Waals surface area contributed by atoms with Crippen LogP contribution in [0.25, 0.3) is 0 Å². The van der Waals surface area contributed by atoms with Gasteiger partial charge >= 0.3 is 0 Å². The highest BCUT2D eigenvalue weighted by molar-refractivity contribution is 7.89. The summed E-state index contributed by atoms with van der Waals surface area (Å²) in [5, 5.41) is 9.30. The Morgan fingerprint density at radius 2 is 1.76 bits per heavy atom. The lowest BCUT2D eigenvalue weighted by Crippen LogP contribution is -2.09. The molecule has 0 aliphatic heterocycles. The van der Waals surface area contributed by atoms with E-state index in [9.17, 15) is 12.8 Å². The van der Waals surface area contributed by atoms with Gasteiger partial charge in [-0.3, -0.25) is 0 Å². The van der Waals surface area contributed by atoms with Crippen molar-refractivity contribution in [1.29, 1.82) is 5.26 Å². The van der Waals surface area contributed by atoms with Crippen LogP contribution in [0, 0.1) is 17.1 Å². The molecule has 21 heavy (non-hydrogen) atoms. The smallest absolute Gasteiger partial charge is 0.158 e. The fraction of sp³-hybridized carbons (Fsp3) is 0.133. The monoisotopic (exact) mass is 323 g/mol. The summed E-state index contributed by atoms with van der Waals surface area (Å²) < 4.78 is 37.9. The molecule has 2 aromatic carbocycles. The van der Waals surface area contributed by atoms with Crippen LogP contribution in [0.15, 0.2) is 42.5 Å². The molecule has 108 valence electrons. The van der Waals surface area contributed by atoms with Gasteiger partial charge in [0, 0.05) is 10.6 Å². The molecule has 2 rings (SSSR count). The summed E-state index contributed by atoms with van der Waals surface area (Å²) in [5.41, 5.74) is 0.812. The maximum absolute atomic E-state index is 13.6. The number of rotatable bonds is 4. The molecule has 0 unspecified atom stereocenters. The molecule has 0 bridgehead atoms. The quantitative estimate of drug-likeness (QED) is 0.865. The van der Waals surface area contributed by atoms with E-state index >= 15 is 0 Å². The predicted octanol–water partition coefficient (Wildman–Crippen LogP) is 3.47. The van der Waals surface area contributed by atoms with Crippen LogP contribution in [-0.2, 0) is 21.3 Å². The zero-order chi connectivity index (χ0) is 15.5. The van der Waals surface area contributed by atoms with Crippen molar-refractivity contribution in [3.8, 4) is 6.07 Å². The number of benzene rings is 2. The first-order valence-corrected chi connectivity index (χ1v) is 8.23. The molecule has 6 heteroatoms. The number of nitrogens with zero attached hydrogens (tertiary/aromatic N) is 1. The lowest BCUT2D eigenvalue weighted by Gasteiger charge is -2.06. The fourth-order valence-corrected chi connectivity index (χ4v) is 3.50. The second-order valence-corrected chi connectivity index (χ2v) is 7.08. The van der Waals surface area contributed by atoms with Crippen molar-refractivity contribution in [1.82, 2.24) is 0 Å². The summed E-state index contributed by atoms with van der Waals surface area (Å²) >= 11 is 5.74. The molecule has 0 saturated heterocycles. The summed E-state index contributed by atoms with van der Waals surface area (Å²) in [6.07, 6.45) is 0. The number of halogens is 2. The molecule has 0 aliphatic rings. The van der Waals surface area contributed by atoms with E-state index < -0.39 is 21.4 Å². The van der Waals surface area contributed by atoms with Crippen molar-refractivity contribution < 1.29 is 12.8 Å². The summed E-state index contributed by atoms with van der Waals surface area (Å²) in [6, 6.07) is 12.0. The van der Waals surface area contributed by atoms with Crippen LogP contribution in [0.5, 0.6) is 0 Å². The Balaban J connectivity index is 2.22. The van der Waals surface area contributed by atoms with Crippen molar-refractivity contribution >= 4 is 21.4 Å². The van der Waals surface area contributed by atoms with Gasteiger partial charge in [0.25, 0.3) is 0 Å². The van der Waals surface area contributed by atoms with E-state index in [-0.39, 0.29) is 16.9 Å². The van der Waals surface area contributed by atoms with E-state index in [4.69, 9.17) is 16.9 Å². The van der Waals surface area contributed by atoms with Gasteiger partial charge in [-0.05, 0) is 35.9 Å². The van der Waals surface area contributed by atoms with Gasteiger partial charge in [0.1, 0.15) is 5.82 Å². The van der Waals surface area contributed by atoms with E-state index in [0.717, 1.165) is 6.07 Å². The minimum atomic E-state index is -3.54. The zero-order valence-corrected chi connectivity index (χ0v) is 12.5. The van der Waals surface area contributed by atoms with Crippen molar-refractivity contribution in [2.75, 3.05) is 0 Å². The largest absolute Gasteiger partial charge is 0.228 e. The standard InChI is InChI=1S/C15H11ClFNO2S/c16-14-4-1-11(2-5-14)9-21(19,20)10-13-7-12(8-18)3-6-15(13)17/h1-7H,9-10H2. The molecule has 0 spiro atoms. The average molecular weight is 324 g/mol. The maximum atomic E-state index is 13.6. The SMILES string of the molecule is N#Cc1ccc(F)c(CS(=O)(=O)Cc2ccc(Cl)cc2)c1. The highest BCUT2D eigenvalue weighted by Gasteiger charge is 2.16. The molecule has 0 fully saturated rings. The molecular weight excluding hydrogens is 313 g/mol. The maximum Gasteiger partial charge on any atom is 0.158 e. The highest BCUT2D eigenvalue weighted by Crippen LogP contribution is 2.18. The topological polar surface area (TPSA) is 57.9 Å². The molecule has 0 heterocycles. The van der Waals surface area contributed by atoms with Crippen molar-refractivity contribution in [3.05, 3.63) is 70.0 Å². The van der Waals surface area contributed by atoms with Gasteiger partial charge in [-0.1, -0.05) is 23.7 Å². The van der Waals surface area contributed by atoms with Gasteiger partial charge in [-0.15, -0.1) is 0 Å². The minimum Gasteiger partial charge on any atom is -0.228 e. The Bertz CT molecular complexity index is 795. The van der Waals surface area contributed by atoms with Crippen molar-refractivity contribution in [2.45, 2.75) is 11.5 Å². The lowest BCUT2D eigenvalue weighted by atomic mass is 10.1. The minimum absolute atomic E-state index is 0.00279. The van der Waals surface area contributed by atoms with Crippen molar-refractivity contribution in [3.63, 3.8) is 0 Å². The van der Waals surface area contributed by atoms with Crippen LogP contribution >= 0.6 is 11.6 Å². The Kier molecular flexibility index (Phi) is 4.61. The number of sulfone groups is 1. The van der Waals surface area contributed by atoms with Crippen LogP contribution in [0.4, 0.5) is 4.39 Å². The Labute approximate surface area is 127 Å². The summed E-state index contributed by atoms with van der Waals surface area (Å²) in [5.74, 6) is -1.29. The van der Waals surface area contributed by atoms with E-state index in [1.54, 1.807) is 24.3 Å². The van der Waals surface area contributed by atoms with Gasteiger partial charge in [0.2, 0.25) is 0 Å². The molecule has 2 aromatic rings. The third-order valence-corrected chi connectivity index (χ3v) is 4.63. The summed E-state index contributed by atoms with van der Waals surface area (Å²) in [6.45, 7) is 0. The van der Waals surface area contributed by atoms with E-state index in [2.05, 4.69) is 0 Å². The van der Waals surface area contributed by atoms with Crippen LogP contribution < -0.4 is 0 Å². The summed E-state index contributed by atoms with van der Waals surface area (Å²) in [4.78, 5) is 0. The fourth-order valence-electron chi connectivity index (χ4n) is 1.88. The second-order valence-electron chi connectivity index (χ2n) is 4.58. The Morgan fingerprint density at radius 1 is 1.10 bits per heavy atom. The molecular formula is C15H11ClFNO2S. The van der Waals surface area contributed by atoms with Crippen LogP contribution in [0.2, 0.25) is 5.02 Å². The first-order valence-electron chi connectivity index (χ1n) is 6.03. The second kappa shape index (κ2) is 6.25. The van der Waals surface area contributed by atoms with Gasteiger partial charge in [0.15, 0.2) is 9.84 Å². The molecule has 3 nitrogen and oxygen atoms in total. The third-order valence-electron chi connectivity index (χ3n) is 2.85. The van der Waals surface area contributed by atoms with Crippen LogP contribution in [0.3, 0.4) is 0 Å². The van der Waals surface area contributed by atoms with Crippen molar-refractivity contribution in [2.24, 2.45) is 0 Å². The van der Waals surface area contributed by atoms with Gasteiger partial charge in [-0.2, -0.15) is 5.26 Å². The Hall–Kier alpha value is -1.90. The normalized spacial score (nSPS) is 11.1. The molecule has 0 saturated carbocycles. The zero-order valence-electron chi connectivity index (χ0n) is 10.9. The molecule has 0 aromatic heterocycles. The molecule has 0 radical (unpaired) electrons. The van der Waals surface area contributed by atoms with E-state index in [1.807, 2.05) is 6.07 Å². The number of hydrogen-bond donors (Lipinski definition) is 0. The molecule has 0 atom stereocenters. The van der Waals surface area contributed by atoms with Gasteiger partial charge in [-0.25, -0.2) is 12.8 Å². The Morgan fingerprint density at radius 3 is 2.38 bits per heavy atom. The van der Waals surface area contributed by atoms with Crippen LogP contribution in [-0.4, -0.2) is 8.42 Å². The number of nitriles is 1. The van der Waals surface area contributed by atoms with E-state index in [0.29, 0.717) is 10.6 Å². The molecule has 0 aliphatic carbocycles. The summed E-state index contributed by atoms with van der Waals surface area (Å²) in [7, 11) is -3.54. The first-order chi connectivity index (χ1) is 9.89. The predicted molar refractivity (Wildman–Crippen MR) is 78.9 cm³/mol. The van der Waals surface area contributed by atoms with Crippen LogP contribution in [0.1, 0.15) is 16.7 Å². The van der Waals surface area contributed by atoms with Gasteiger partial charge < -0.3 is 0 Å². The van der Waals surface area contributed by atoms with Gasteiger partial charge in [0.05, 0.1) is 23.1 Å². The molecule has 0 N–H and O–H groups in total. The third kappa shape index (κ3) is 4.28. The number of hydrogen-bond acceptors (Lipinski definition) is 3. The molecule has 0 amide bonds.